The predicted molar refractivity (Wildman–Crippen MR) is 172 cm³/mol. The molecule has 0 bridgehead atoms. The molecule has 0 N–H and O–H groups in total. The Morgan fingerprint density at radius 2 is 1.26 bits per heavy atom. The molecule has 2 heterocycles. The maximum Gasteiger partial charge on any atom is 0.145 e. The lowest BCUT2D eigenvalue weighted by molar-refractivity contribution is 0.673. The minimum Gasteiger partial charge on any atom is -0.455 e. The largest absolute Gasteiger partial charge is 0.455 e. The highest BCUT2D eigenvalue weighted by molar-refractivity contribution is 6.24. The first-order chi connectivity index (χ1) is 21.2. The van der Waals surface area contributed by atoms with E-state index < -0.39 is 0 Å². The zero-order valence-corrected chi connectivity index (χ0v) is 22.9. The van der Waals surface area contributed by atoms with E-state index in [9.17, 15) is 10.5 Å². The number of furan rings is 1. The van der Waals surface area contributed by atoms with Crippen LogP contribution in [0.3, 0.4) is 0 Å². The molecule has 0 fully saturated rings. The number of rotatable bonds is 4. The average Bonchev–Trinajstić information content (AvgIpc) is 3.61. The molecular formula is C38H22N4O. The zero-order chi connectivity index (χ0) is 28.9. The molecule has 2 aromatic heterocycles. The van der Waals surface area contributed by atoms with E-state index in [1.54, 1.807) is 12.1 Å². The first kappa shape index (κ1) is 24.5. The molecule has 0 atom stereocenters. The van der Waals surface area contributed by atoms with E-state index in [1.165, 1.54) is 0 Å². The maximum atomic E-state index is 10.1. The van der Waals surface area contributed by atoms with Gasteiger partial charge in [0, 0.05) is 33.2 Å². The van der Waals surface area contributed by atoms with Gasteiger partial charge in [-0.05, 0) is 78.9 Å². The Labute approximate surface area is 247 Å². The highest BCUT2D eigenvalue weighted by Gasteiger charge is 2.22. The van der Waals surface area contributed by atoms with Gasteiger partial charge in [-0.1, -0.05) is 54.6 Å². The fourth-order valence-corrected chi connectivity index (χ4v) is 6.16. The molecule has 8 aromatic rings. The van der Waals surface area contributed by atoms with Crippen molar-refractivity contribution >= 4 is 60.8 Å². The molecule has 8 rings (SSSR count). The number of fused-ring (bicyclic) bond motifs is 7. The van der Waals surface area contributed by atoms with Crippen LogP contribution in [0.5, 0.6) is 0 Å². The zero-order valence-electron chi connectivity index (χ0n) is 22.9. The third kappa shape index (κ3) is 3.77. The van der Waals surface area contributed by atoms with E-state index in [-0.39, 0.29) is 0 Å². The topological polar surface area (TPSA) is 68.9 Å². The molecule has 5 nitrogen and oxygen atoms in total. The predicted octanol–water partition coefficient (Wildman–Crippen LogP) is 9.90. The molecule has 0 amide bonds. The fraction of sp³-hybridized carbons (Fsp3) is 0. The van der Waals surface area contributed by atoms with Crippen molar-refractivity contribution in [3.63, 3.8) is 0 Å². The van der Waals surface area contributed by atoms with Gasteiger partial charge in [0.25, 0.3) is 0 Å². The summed E-state index contributed by atoms with van der Waals surface area (Å²) in [5.74, 6) is 0. The van der Waals surface area contributed by atoms with Crippen LogP contribution in [0, 0.1) is 22.7 Å². The molecule has 0 spiro atoms. The van der Waals surface area contributed by atoms with Crippen molar-refractivity contribution in [2.75, 3.05) is 4.90 Å². The van der Waals surface area contributed by atoms with Crippen molar-refractivity contribution < 1.29 is 4.42 Å². The number of hydrogen-bond donors (Lipinski definition) is 0. The fourth-order valence-electron chi connectivity index (χ4n) is 6.16. The number of nitrogens with zero attached hydrogens (tertiary/aromatic N) is 4. The van der Waals surface area contributed by atoms with Gasteiger partial charge in [-0.2, -0.15) is 10.5 Å². The molecule has 0 aliphatic rings. The van der Waals surface area contributed by atoms with Crippen LogP contribution < -0.4 is 4.90 Å². The smallest absolute Gasteiger partial charge is 0.145 e. The Morgan fingerprint density at radius 1 is 0.558 bits per heavy atom. The van der Waals surface area contributed by atoms with Gasteiger partial charge in [0.1, 0.15) is 17.2 Å². The third-order valence-corrected chi connectivity index (χ3v) is 8.03. The Balaban J connectivity index is 1.50. The van der Waals surface area contributed by atoms with Crippen LogP contribution in [-0.4, -0.2) is 4.57 Å². The summed E-state index contributed by atoms with van der Waals surface area (Å²) < 4.78 is 8.66. The average molecular weight is 551 g/mol. The van der Waals surface area contributed by atoms with Gasteiger partial charge in [0.05, 0.1) is 39.3 Å². The van der Waals surface area contributed by atoms with Crippen LogP contribution in [0.4, 0.5) is 17.1 Å². The lowest BCUT2D eigenvalue weighted by Gasteiger charge is -2.25. The van der Waals surface area contributed by atoms with Crippen LogP contribution in [0.15, 0.2) is 138 Å². The standard InChI is InChI=1S/C38H22N4O/c39-23-25-15-18-33(26(21-25)24-40)42-34-19-16-29(41(27-9-3-1-4-10-27)28-11-5-2-6-12-28)22-32(34)37-35(42)20-17-31-30-13-7-8-14-36(30)43-38(31)37/h1-22H. The molecular weight excluding hydrogens is 528 g/mol. The number of anilines is 3. The van der Waals surface area contributed by atoms with E-state index in [0.717, 1.165) is 60.8 Å². The molecule has 6 aromatic carbocycles. The molecule has 0 aliphatic carbocycles. The number of para-hydroxylation sites is 3. The Hall–Kier alpha value is -6.30. The van der Waals surface area contributed by atoms with Gasteiger partial charge in [-0.3, -0.25) is 0 Å². The molecule has 43 heavy (non-hydrogen) atoms. The summed E-state index contributed by atoms with van der Waals surface area (Å²) in [6.45, 7) is 0. The Bertz CT molecular complexity index is 2380. The monoisotopic (exact) mass is 550 g/mol. The van der Waals surface area contributed by atoms with Gasteiger partial charge in [-0.25, -0.2) is 0 Å². The van der Waals surface area contributed by atoms with E-state index in [1.807, 2.05) is 60.7 Å². The minimum absolute atomic E-state index is 0.432. The van der Waals surface area contributed by atoms with Gasteiger partial charge in [0.15, 0.2) is 0 Å². The quantitative estimate of drug-likeness (QED) is 0.219. The van der Waals surface area contributed by atoms with Crippen LogP contribution in [-0.2, 0) is 0 Å². The summed E-state index contributed by atoms with van der Waals surface area (Å²) in [6.07, 6.45) is 0. The maximum absolute atomic E-state index is 10.1. The molecule has 0 unspecified atom stereocenters. The van der Waals surface area contributed by atoms with Gasteiger partial charge < -0.3 is 13.9 Å². The molecule has 200 valence electrons. The van der Waals surface area contributed by atoms with Crippen molar-refractivity contribution in [2.45, 2.75) is 0 Å². The molecule has 0 radical (unpaired) electrons. The van der Waals surface area contributed by atoms with Crippen LogP contribution in [0.2, 0.25) is 0 Å². The second-order valence-corrected chi connectivity index (χ2v) is 10.4. The van der Waals surface area contributed by atoms with Crippen LogP contribution >= 0.6 is 0 Å². The minimum atomic E-state index is 0.432. The first-order valence-corrected chi connectivity index (χ1v) is 14.0. The second-order valence-electron chi connectivity index (χ2n) is 10.4. The van der Waals surface area contributed by atoms with E-state index in [4.69, 9.17) is 4.42 Å². The van der Waals surface area contributed by atoms with Gasteiger partial charge >= 0.3 is 0 Å². The lowest BCUT2D eigenvalue weighted by atomic mass is 10.1. The Morgan fingerprint density at radius 3 is 1.98 bits per heavy atom. The van der Waals surface area contributed by atoms with Crippen LogP contribution in [0.25, 0.3) is 49.4 Å². The van der Waals surface area contributed by atoms with Crippen molar-refractivity contribution in [2.24, 2.45) is 0 Å². The highest BCUT2D eigenvalue weighted by atomic mass is 16.3. The number of benzene rings is 6. The highest BCUT2D eigenvalue weighted by Crippen LogP contribution is 2.43. The summed E-state index contributed by atoms with van der Waals surface area (Å²) >= 11 is 0. The summed E-state index contributed by atoms with van der Waals surface area (Å²) in [5.41, 5.74) is 8.18. The molecule has 0 aliphatic heterocycles. The molecule has 0 saturated heterocycles. The van der Waals surface area contributed by atoms with Crippen molar-refractivity contribution in [3.8, 4) is 17.8 Å². The summed E-state index contributed by atoms with van der Waals surface area (Å²) in [4.78, 5) is 2.24. The second kappa shape index (κ2) is 9.66. The number of nitriles is 2. The normalized spacial score (nSPS) is 11.2. The summed E-state index contributed by atoms with van der Waals surface area (Å²) in [5, 5.41) is 23.7. The number of hydrogen-bond acceptors (Lipinski definition) is 4. The number of aromatic nitrogens is 1. The Kier molecular flexibility index (Phi) is 5.50. The SMILES string of the molecule is N#Cc1ccc(-n2c3ccc(N(c4ccccc4)c4ccccc4)cc3c3c4oc5ccccc5c4ccc32)c(C#N)c1. The van der Waals surface area contributed by atoms with Gasteiger partial charge in [0.2, 0.25) is 0 Å². The van der Waals surface area contributed by atoms with Crippen molar-refractivity contribution in [1.29, 1.82) is 10.5 Å². The van der Waals surface area contributed by atoms with Crippen molar-refractivity contribution in [1.82, 2.24) is 4.57 Å². The van der Waals surface area contributed by atoms with Crippen LogP contribution in [0.1, 0.15) is 11.1 Å². The third-order valence-electron chi connectivity index (χ3n) is 8.03. The van der Waals surface area contributed by atoms with E-state index in [0.29, 0.717) is 16.8 Å². The molecule has 0 saturated carbocycles. The molecule has 5 heteroatoms. The van der Waals surface area contributed by atoms with E-state index >= 15 is 0 Å². The summed E-state index contributed by atoms with van der Waals surface area (Å²) in [6, 6.07) is 49.1. The van der Waals surface area contributed by atoms with Crippen molar-refractivity contribution in [3.05, 3.63) is 145 Å². The van der Waals surface area contributed by atoms with Gasteiger partial charge in [-0.15, -0.1) is 0 Å². The lowest BCUT2D eigenvalue weighted by Crippen LogP contribution is -2.09. The van der Waals surface area contributed by atoms with E-state index in [2.05, 4.69) is 82.3 Å². The first-order valence-electron chi connectivity index (χ1n) is 14.0. The summed E-state index contributed by atoms with van der Waals surface area (Å²) in [7, 11) is 0.